The second-order valence-corrected chi connectivity index (χ2v) is 7.33. The molecule has 1 aliphatic rings. The third-order valence-electron chi connectivity index (χ3n) is 4.87. The Morgan fingerprint density at radius 2 is 1.89 bits per heavy atom. The fourth-order valence-electron chi connectivity index (χ4n) is 3.54. The highest BCUT2D eigenvalue weighted by Gasteiger charge is 2.24. The van der Waals surface area contributed by atoms with Crippen LogP contribution in [0.15, 0.2) is 42.5 Å². The van der Waals surface area contributed by atoms with Crippen LogP contribution in [0.2, 0.25) is 0 Å². The SMILES string of the molecule is Cc1ccccc1CC(=O)NCc1ccc(N2C[C@@H](C)O[C@@H](C)C2)c(F)c1. The first-order valence-electron chi connectivity index (χ1n) is 9.42. The number of anilines is 1. The van der Waals surface area contributed by atoms with Crippen LogP contribution in [-0.2, 0) is 22.5 Å². The number of benzene rings is 2. The molecule has 0 saturated carbocycles. The van der Waals surface area contributed by atoms with Crippen LogP contribution in [0.4, 0.5) is 10.1 Å². The quantitative estimate of drug-likeness (QED) is 0.874. The van der Waals surface area contributed by atoms with Crippen LogP contribution in [0.25, 0.3) is 0 Å². The molecule has 2 atom stereocenters. The lowest BCUT2D eigenvalue weighted by Crippen LogP contribution is -2.45. The van der Waals surface area contributed by atoms with Gasteiger partial charge in [0, 0.05) is 19.6 Å². The molecule has 0 radical (unpaired) electrons. The number of hydrogen-bond donors (Lipinski definition) is 1. The van der Waals surface area contributed by atoms with Gasteiger partial charge in [0.25, 0.3) is 0 Å². The Morgan fingerprint density at radius 1 is 1.19 bits per heavy atom. The van der Waals surface area contributed by atoms with E-state index < -0.39 is 0 Å². The van der Waals surface area contributed by atoms with Gasteiger partial charge >= 0.3 is 0 Å². The maximum Gasteiger partial charge on any atom is 0.224 e. The Balaban J connectivity index is 1.59. The summed E-state index contributed by atoms with van der Waals surface area (Å²) < 4.78 is 20.3. The van der Waals surface area contributed by atoms with Crippen molar-refractivity contribution in [3.05, 3.63) is 65.0 Å². The van der Waals surface area contributed by atoms with Crippen molar-refractivity contribution in [3.63, 3.8) is 0 Å². The molecule has 144 valence electrons. The van der Waals surface area contributed by atoms with Crippen LogP contribution in [0.5, 0.6) is 0 Å². The molecule has 1 fully saturated rings. The number of aryl methyl sites for hydroxylation is 1. The average Bonchev–Trinajstić information content (AvgIpc) is 2.61. The monoisotopic (exact) mass is 370 g/mol. The Hall–Kier alpha value is -2.40. The van der Waals surface area contributed by atoms with E-state index in [9.17, 15) is 9.18 Å². The number of carbonyl (C=O) groups excluding carboxylic acids is 1. The molecule has 0 spiro atoms. The highest BCUT2D eigenvalue weighted by molar-refractivity contribution is 5.78. The fraction of sp³-hybridized carbons (Fsp3) is 0.409. The second-order valence-electron chi connectivity index (χ2n) is 7.33. The molecule has 5 heteroatoms. The van der Waals surface area contributed by atoms with Crippen molar-refractivity contribution >= 4 is 11.6 Å². The Morgan fingerprint density at radius 3 is 2.56 bits per heavy atom. The summed E-state index contributed by atoms with van der Waals surface area (Å²) in [6.45, 7) is 7.65. The molecule has 0 bridgehead atoms. The van der Waals surface area contributed by atoms with E-state index in [1.807, 2.05) is 56.0 Å². The van der Waals surface area contributed by atoms with Gasteiger partial charge in [-0.05, 0) is 49.6 Å². The number of nitrogens with zero attached hydrogens (tertiary/aromatic N) is 1. The summed E-state index contributed by atoms with van der Waals surface area (Å²) >= 11 is 0. The van der Waals surface area contributed by atoms with Crippen LogP contribution < -0.4 is 10.2 Å². The number of nitrogens with one attached hydrogen (secondary N) is 1. The molecule has 1 heterocycles. The summed E-state index contributed by atoms with van der Waals surface area (Å²) in [6.07, 6.45) is 0.485. The van der Waals surface area contributed by atoms with Gasteiger partial charge in [-0.3, -0.25) is 4.79 Å². The van der Waals surface area contributed by atoms with Gasteiger partial charge in [-0.2, -0.15) is 0 Å². The molecule has 0 unspecified atom stereocenters. The number of carbonyl (C=O) groups is 1. The lowest BCUT2D eigenvalue weighted by molar-refractivity contribution is -0.120. The number of ether oxygens (including phenoxy) is 1. The van der Waals surface area contributed by atoms with Gasteiger partial charge in [0.1, 0.15) is 5.82 Å². The van der Waals surface area contributed by atoms with Crippen molar-refractivity contribution in [1.82, 2.24) is 5.32 Å². The fourth-order valence-corrected chi connectivity index (χ4v) is 3.54. The smallest absolute Gasteiger partial charge is 0.224 e. The molecule has 0 aliphatic carbocycles. The summed E-state index contributed by atoms with van der Waals surface area (Å²) in [4.78, 5) is 14.2. The molecule has 1 aliphatic heterocycles. The topological polar surface area (TPSA) is 41.6 Å². The van der Waals surface area contributed by atoms with E-state index in [0.717, 1.165) is 16.7 Å². The summed E-state index contributed by atoms with van der Waals surface area (Å²) in [6, 6.07) is 13.0. The van der Waals surface area contributed by atoms with E-state index in [0.29, 0.717) is 31.7 Å². The normalized spacial score (nSPS) is 19.8. The van der Waals surface area contributed by atoms with E-state index >= 15 is 0 Å². The van der Waals surface area contributed by atoms with Gasteiger partial charge in [-0.25, -0.2) is 4.39 Å². The van der Waals surface area contributed by atoms with Gasteiger partial charge in [-0.15, -0.1) is 0 Å². The molecule has 2 aromatic carbocycles. The molecule has 1 N–H and O–H groups in total. The lowest BCUT2D eigenvalue weighted by atomic mass is 10.1. The standard InChI is InChI=1S/C22H27FN2O2/c1-15-6-4-5-7-19(15)11-22(26)24-12-18-8-9-21(20(23)10-18)25-13-16(2)27-17(3)14-25/h4-10,16-17H,11-14H2,1-3H3,(H,24,26)/t16-,17+. The second kappa shape index (κ2) is 8.53. The zero-order valence-corrected chi connectivity index (χ0v) is 16.2. The molecular formula is C22H27FN2O2. The largest absolute Gasteiger partial charge is 0.372 e. The maximum absolute atomic E-state index is 14.6. The lowest BCUT2D eigenvalue weighted by Gasteiger charge is -2.37. The highest BCUT2D eigenvalue weighted by Crippen LogP contribution is 2.24. The van der Waals surface area contributed by atoms with Crippen LogP contribution in [0, 0.1) is 12.7 Å². The minimum absolute atomic E-state index is 0.0652. The minimum atomic E-state index is -0.262. The van der Waals surface area contributed by atoms with Gasteiger partial charge < -0.3 is 15.0 Å². The first-order valence-corrected chi connectivity index (χ1v) is 9.42. The van der Waals surface area contributed by atoms with Crippen molar-refractivity contribution in [2.24, 2.45) is 0 Å². The third-order valence-corrected chi connectivity index (χ3v) is 4.87. The van der Waals surface area contributed by atoms with Crippen molar-refractivity contribution < 1.29 is 13.9 Å². The van der Waals surface area contributed by atoms with Gasteiger partial charge in [0.15, 0.2) is 0 Å². The molecular weight excluding hydrogens is 343 g/mol. The van der Waals surface area contributed by atoms with Gasteiger partial charge in [-0.1, -0.05) is 30.3 Å². The van der Waals surface area contributed by atoms with Crippen LogP contribution in [0.3, 0.4) is 0 Å². The molecule has 27 heavy (non-hydrogen) atoms. The molecule has 1 amide bonds. The predicted molar refractivity (Wildman–Crippen MR) is 105 cm³/mol. The van der Waals surface area contributed by atoms with Gasteiger partial charge in [0.05, 0.1) is 24.3 Å². The van der Waals surface area contributed by atoms with Gasteiger partial charge in [0.2, 0.25) is 5.91 Å². The molecule has 0 aromatic heterocycles. The first-order chi connectivity index (χ1) is 12.9. The molecule has 1 saturated heterocycles. The van der Waals surface area contributed by atoms with E-state index in [-0.39, 0.29) is 23.9 Å². The zero-order valence-electron chi connectivity index (χ0n) is 16.2. The van der Waals surface area contributed by atoms with Crippen molar-refractivity contribution in [1.29, 1.82) is 0 Å². The van der Waals surface area contributed by atoms with Crippen molar-refractivity contribution in [2.75, 3.05) is 18.0 Å². The molecule has 3 rings (SSSR count). The van der Waals surface area contributed by atoms with E-state index in [1.165, 1.54) is 6.07 Å². The summed E-state index contributed by atoms with van der Waals surface area (Å²) in [7, 11) is 0. The average molecular weight is 370 g/mol. The zero-order chi connectivity index (χ0) is 19.4. The summed E-state index contributed by atoms with van der Waals surface area (Å²) in [5.74, 6) is -0.327. The summed E-state index contributed by atoms with van der Waals surface area (Å²) in [5, 5.41) is 2.88. The van der Waals surface area contributed by atoms with Crippen molar-refractivity contribution in [2.45, 2.75) is 45.9 Å². The van der Waals surface area contributed by atoms with Crippen LogP contribution >= 0.6 is 0 Å². The molecule has 4 nitrogen and oxygen atoms in total. The predicted octanol–water partition coefficient (Wildman–Crippen LogP) is 3.61. The highest BCUT2D eigenvalue weighted by atomic mass is 19.1. The van der Waals surface area contributed by atoms with Crippen LogP contribution in [0.1, 0.15) is 30.5 Å². The van der Waals surface area contributed by atoms with Crippen molar-refractivity contribution in [3.8, 4) is 0 Å². The number of halogens is 1. The summed E-state index contributed by atoms with van der Waals surface area (Å²) in [5.41, 5.74) is 3.44. The molecule has 2 aromatic rings. The minimum Gasteiger partial charge on any atom is -0.372 e. The first kappa shape index (κ1) is 19.4. The maximum atomic E-state index is 14.6. The van der Waals surface area contributed by atoms with Crippen LogP contribution in [-0.4, -0.2) is 31.2 Å². The van der Waals surface area contributed by atoms with E-state index in [4.69, 9.17) is 4.74 Å². The van der Waals surface area contributed by atoms with E-state index in [2.05, 4.69) is 5.32 Å². The third kappa shape index (κ3) is 5.07. The number of rotatable bonds is 5. The number of morpholine rings is 1. The number of amides is 1. The Kier molecular flexibility index (Phi) is 6.11. The Labute approximate surface area is 160 Å². The Bertz CT molecular complexity index is 799. The van der Waals surface area contributed by atoms with E-state index in [1.54, 1.807) is 6.07 Å². The number of hydrogen-bond acceptors (Lipinski definition) is 3.